The first-order chi connectivity index (χ1) is 6.11. The van der Waals surface area contributed by atoms with Crippen molar-refractivity contribution in [1.29, 1.82) is 0 Å². The molecule has 0 bridgehead atoms. The lowest BCUT2D eigenvalue weighted by molar-refractivity contribution is 0.0646. The van der Waals surface area contributed by atoms with E-state index >= 15 is 0 Å². The van der Waals surface area contributed by atoms with Crippen molar-refractivity contribution in [1.82, 2.24) is 4.90 Å². The van der Waals surface area contributed by atoms with Crippen molar-refractivity contribution in [3.63, 3.8) is 0 Å². The quantitative estimate of drug-likeness (QED) is 0.733. The molecule has 2 unspecified atom stereocenters. The summed E-state index contributed by atoms with van der Waals surface area (Å²) >= 11 is 0. The molecule has 1 aliphatic rings. The van der Waals surface area contributed by atoms with Gasteiger partial charge in [-0.15, -0.1) is 0 Å². The standard InChI is InChI=1S/C9H18F2N2/c1-13(6-9(10)11)8-5-3-2-4-7(8)12/h7-9H,2-6,12H2,1H3. The summed E-state index contributed by atoms with van der Waals surface area (Å²) in [7, 11) is 1.74. The highest BCUT2D eigenvalue weighted by atomic mass is 19.3. The van der Waals surface area contributed by atoms with Crippen LogP contribution >= 0.6 is 0 Å². The van der Waals surface area contributed by atoms with Crippen LogP contribution in [0, 0.1) is 0 Å². The predicted octanol–water partition coefficient (Wildman–Crippen LogP) is 1.45. The summed E-state index contributed by atoms with van der Waals surface area (Å²) in [5.41, 5.74) is 5.87. The normalized spacial score (nSPS) is 30.0. The molecular formula is C9H18F2N2. The van der Waals surface area contributed by atoms with E-state index in [0.717, 1.165) is 25.7 Å². The van der Waals surface area contributed by atoms with Gasteiger partial charge in [0.15, 0.2) is 0 Å². The SMILES string of the molecule is CN(CC(F)F)C1CCCCC1N. The van der Waals surface area contributed by atoms with E-state index in [-0.39, 0.29) is 18.6 Å². The molecule has 1 fully saturated rings. The molecule has 0 aliphatic heterocycles. The van der Waals surface area contributed by atoms with Gasteiger partial charge in [0.2, 0.25) is 0 Å². The van der Waals surface area contributed by atoms with Crippen LogP contribution in [-0.4, -0.2) is 37.0 Å². The predicted molar refractivity (Wildman–Crippen MR) is 48.9 cm³/mol. The number of hydrogen-bond donors (Lipinski definition) is 1. The molecule has 2 nitrogen and oxygen atoms in total. The highest BCUT2D eigenvalue weighted by Crippen LogP contribution is 2.21. The number of likely N-dealkylation sites (N-methyl/N-ethyl adjacent to an activating group) is 1. The van der Waals surface area contributed by atoms with E-state index in [4.69, 9.17) is 5.73 Å². The van der Waals surface area contributed by atoms with Crippen LogP contribution in [0.25, 0.3) is 0 Å². The fourth-order valence-electron chi connectivity index (χ4n) is 2.04. The van der Waals surface area contributed by atoms with E-state index in [2.05, 4.69) is 0 Å². The number of hydrogen-bond acceptors (Lipinski definition) is 2. The van der Waals surface area contributed by atoms with Gasteiger partial charge in [0.1, 0.15) is 0 Å². The highest BCUT2D eigenvalue weighted by molar-refractivity contribution is 4.84. The summed E-state index contributed by atoms with van der Waals surface area (Å²) in [4.78, 5) is 1.70. The minimum atomic E-state index is -2.25. The molecule has 1 aliphatic carbocycles. The van der Waals surface area contributed by atoms with E-state index in [1.807, 2.05) is 0 Å². The van der Waals surface area contributed by atoms with Crippen molar-refractivity contribution in [3.05, 3.63) is 0 Å². The zero-order chi connectivity index (χ0) is 9.84. The third-order valence-electron chi connectivity index (χ3n) is 2.77. The number of alkyl halides is 2. The Labute approximate surface area is 78.1 Å². The maximum absolute atomic E-state index is 12.1. The average molecular weight is 192 g/mol. The molecule has 0 aromatic carbocycles. The largest absolute Gasteiger partial charge is 0.326 e. The second kappa shape index (κ2) is 4.86. The smallest absolute Gasteiger partial charge is 0.251 e. The zero-order valence-electron chi connectivity index (χ0n) is 8.05. The summed E-state index contributed by atoms with van der Waals surface area (Å²) in [6.45, 7) is -0.154. The Kier molecular flexibility index (Phi) is 4.06. The Hall–Kier alpha value is -0.220. The van der Waals surface area contributed by atoms with Crippen molar-refractivity contribution < 1.29 is 8.78 Å². The van der Waals surface area contributed by atoms with Crippen LogP contribution in [0.5, 0.6) is 0 Å². The number of nitrogens with two attached hydrogens (primary N) is 1. The first-order valence-corrected chi connectivity index (χ1v) is 4.85. The number of rotatable bonds is 3. The molecule has 2 atom stereocenters. The van der Waals surface area contributed by atoms with Crippen LogP contribution in [0.3, 0.4) is 0 Å². The third kappa shape index (κ3) is 3.19. The Balaban J connectivity index is 2.39. The molecule has 2 N–H and O–H groups in total. The van der Waals surface area contributed by atoms with Crippen molar-refractivity contribution in [2.24, 2.45) is 5.73 Å². The maximum Gasteiger partial charge on any atom is 0.251 e. The number of nitrogens with zero attached hydrogens (tertiary/aromatic N) is 1. The van der Waals surface area contributed by atoms with Crippen LogP contribution in [-0.2, 0) is 0 Å². The average Bonchev–Trinajstić information content (AvgIpc) is 2.03. The lowest BCUT2D eigenvalue weighted by atomic mass is 9.90. The van der Waals surface area contributed by atoms with Gasteiger partial charge in [0, 0.05) is 12.1 Å². The van der Waals surface area contributed by atoms with E-state index in [9.17, 15) is 8.78 Å². The molecule has 4 heteroatoms. The molecule has 0 aromatic rings. The van der Waals surface area contributed by atoms with Gasteiger partial charge >= 0.3 is 0 Å². The Morgan fingerprint density at radius 1 is 1.38 bits per heavy atom. The summed E-state index contributed by atoms with van der Waals surface area (Å²) < 4.78 is 24.2. The monoisotopic (exact) mass is 192 g/mol. The van der Waals surface area contributed by atoms with Gasteiger partial charge in [0.05, 0.1) is 6.54 Å². The molecule has 1 saturated carbocycles. The minimum Gasteiger partial charge on any atom is -0.326 e. The first-order valence-electron chi connectivity index (χ1n) is 4.85. The van der Waals surface area contributed by atoms with E-state index in [1.165, 1.54) is 0 Å². The van der Waals surface area contributed by atoms with Gasteiger partial charge in [-0.2, -0.15) is 0 Å². The van der Waals surface area contributed by atoms with Gasteiger partial charge < -0.3 is 5.73 Å². The molecular weight excluding hydrogens is 174 g/mol. The molecule has 0 radical (unpaired) electrons. The summed E-state index contributed by atoms with van der Waals surface area (Å²) in [5, 5.41) is 0. The molecule has 78 valence electrons. The Morgan fingerprint density at radius 2 is 2.00 bits per heavy atom. The molecule has 0 amide bonds. The summed E-state index contributed by atoms with van der Waals surface area (Å²) in [6.07, 6.45) is 1.94. The fourth-order valence-corrected chi connectivity index (χ4v) is 2.04. The Bertz CT molecular complexity index is 153. The van der Waals surface area contributed by atoms with Crippen LogP contribution in [0.1, 0.15) is 25.7 Å². The van der Waals surface area contributed by atoms with Gasteiger partial charge in [-0.3, -0.25) is 4.90 Å². The van der Waals surface area contributed by atoms with Crippen molar-refractivity contribution >= 4 is 0 Å². The van der Waals surface area contributed by atoms with E-state index < -0.39 is 6.43 Å². The van der Waals surface area contributed by atoms with Gasteiger partial charge in [-0.25, -0.2) is 8.78 Å². The van der Waals surface area contributed by atoms with Gasteiger partial charge in [-0.05, 0) is 19.9 Å². The highest BCUT2D eigenvalue weighted by Gasteiger charge is 2.26. The second-order valence-electron chi connectivity index (χ2n) is 3.85. The van der Waals surface area contributed by atoms with Crippen molar-refractivity contribution in [3.8, 4) is 0 Å². The van der Waals surface area contributed by atoms with Crippen molar-refractivity contribution in [2.45, 2.75) is 44.2 Å². The first kappa shape index (κ1) is 10.9. The van der Waals surface area contributed by atoms with Crippen molar-refractivity contribution in [2.75, 3.05) is 13.6 Å². The molecule has 1 rings (SSSR count). The lowest BCUT2D eigenvalue weighted by Crippen LogP contribution is -2.49. The van der Waals surface area contributed by atoms with Crippen LogP contribution in [0.2, 0.25) is 0 Å². The minimum absolute atomic E-state index is 0.0810. The Morgan fingerprint density at radius 3 is 2.54 bits per heavy atom. The van der Waals surface area contributed by atoms with E-state index in [0.29, 0.717) is 0 Å². The summed E-state index contributed by atoms with van der Waals surface area (Å²) in [5.74, 6) is 0. The molecule has 0 saturated heterocycles. The number of halogens is 2. The molecule has 0 aromatic heterocycles. The summed E-state index contributed by atoms with van der Waals surface area (Å²) in [6, 6.07) is 0.236. The van der Waals surface area contributed by atoms with E-state index in [1.54, 1.807) is 11.9 Å². The molecule has 0 spiro atoms. The molecule has 13 heavy (non-hydrogen) atoms. The lowest BCUT2D eigenvalue weighted by Gasteiger charge is -2.35. The third-order valence-corrected chi connectivity index (χ3v) is 2.77. The van der Waals surface area contributed by atoms with Gasteiger partial charge in [-0.1, -0.05) is 12.8 Å². The second-order valence-corrected chi connectivity index (χ2v) is 3.85. The van der Waals surface area contributed by atoms with Crippen LogP contribution in [0.15, 0.2) is 0 Å². The zero-order valence-corrected chi connectivity index (χ0v) is 8.05. The maximum atomic E-state index is 12.1. The van der Waals surface area contributed by atoms with Crippen LogP contribution in [0.4, 0.5) is 8.78 Å². The fraction of sp³-hybridized carbons (Fsp3) is 1.00. The van der Waals surface area contributed by atoms with Gasteiger partial charge in [0.25, 0.3) is 6.43 Å². The topological polar surface area (TPSA) is 29.3 Å². The van der Waals surface area contributed by atoms with Crippen LogP contribution < -0.4 is 5.73 Å². The molecule has 0 heterocycles.